The van der Waals surface area contributed by atoms with E-state index in [1.54, 1.807) is 6.08 Å². The molecule has 22 heavy (non-hydrogen) atoms. The molecule has 0 saturated carbocycles. The number of rotatable bonds is 7. The predicted octanol–water partition coefficient (Wildman–Crippen LogP) is 4.24. The van der Waals surface area contributed by atoms with Gasteiger partial charge in [-0.2, -0.15) is 0 Å². The molecule has 2 aromatic carbocycles. The van der Waals surface area contributed by atoms with E-state index in [9.17, 15) is 9.90 Å². The van der Waals surface area contributed by atoms with Crippen molar-refractivity contribution in [2.75, 3.05) is 0 Å². The van der Waals surface area contributed by atoms with Crippen LogP contribution in [0, 0.1) is 0 Å². The standard InChI is InChI=1S/C20H22O2/c1-2-3-14-19(21)15-16-20(22,17-10-6-4-7-11-17)18-12-8-5-9-13-18/h4-13,15-16,22H,2-3,14H2,1H3/b16-15+. The molecule has 2 aromatic rings. The minimum Gasteiger partial charge on any atom is -0.377 e. The van der Waals surface area contributed by atoms with E-state index >= 15 is 0 Å². The Morgan fingerprint density at radius 2 is 1.50 bits per heavy atom. The molecular formula is C20H22O2. The Morgan fingerprint density at radius 1 is 1.00 bits per heavy atom. The Labute approximate surface area is 132 Å². The summed E-state index contributed by atoms with van der Waals surface area (Å²) in [4.78, 5) is 11.9. The molecule has 1 N–H and O–H groups in total. The quantitative estimate of drug-likeness (QED) is 0.776. The second-order valence-electron chi connectivity index (χ2n) is 5.40. The van der Waals surface area contributed by atoms with Crippen molar-refractivity contribution in [3.63, 3.8) is 0 Å². The van der Waals surface area contributed by atoms with Gasteiger partial charge in [0.05, 0.1) is 0 Å². The molecule has 2 heteroatoms. The lowest BCUT2D eigenvalue weighted by atomic mass is 9.85. The van der Waals surface area contributed by atoms with Gasteiger partial charge in [0.2, 0.25) is 0 Å². The fourth-order valence-corrected chi connectivity index (χ4v) is 2.39. The summed E-state index contributed by atoms with van der Waals surface area (Å²) in [7, 11) is 0. The predicted molar refractivity (Wildman–Crippen MR) is 89.6 cm³/mol. The smallest absolute Gasteiger partial charge is 0.155 e. The molecule has 0 aromatic heterocycles. The van der Waals surface area contributed by atoms with Gasteiger partial charge in [0.25, 0.3) is 0 Å². The Bertz CT molecular complexity index is 575. The average molecular weight is 294 g/mol. The minimum atomic E-state index is -1.29. The van der Waals surface area contributed by atoms with E-state index in [2.05, 4.69) is 6.92 Å². The summed E-state index contributed by atoms with van der Waals surface area (Å²) in [6.45, 7) is 2.06. The van der Waals surface area contributed by atoms with Gasteiger partial charge in [-0.3, -0.25) is 4.79 Å². The first-order valence-electron chi connectivity index (χ1n) is 7.72. The molecule has 0 aliphatic rings. The maximum absolute atomic E-state index is 11.9. The fraction of sp³-hybridized carbons (Fsp3) is 0.250. The summed E-state index contributed by atoms with van der Waals surface area (Å²) >= 11 is 0. The maximum Gasteiger partial charge on any atom is 0.155 e. The van der Waals surface area contributed by atoms with Crippen LogP contribution in [0.25, 0.3) is 0 Å². The molecule has 0 aliphatic carbocycles. The second-order valence-corrected chi connectivity index (χ2v) is 5.40. The van der Waals surface area contributed by atoms with Crippen molar-refractivity contribution in [2.45, 2.75) is 31.8 Å². The number of carbonyl (C=O) groups is 1. The van der Waals surface area contributed by atoms with Crippen molar-refractivity contribution in [1.82, 2.24) is 0 Å². The van der Waals surface area contributed by atoms with E-state index in [0.29, 0.717) is 6.42 Å². The van der Waals surface area contributed by atoms with Crippen LogP contribution in [-0.2, 0) is 10.4 Å². The van der Waals surface area contributed by atoms with E-state index in [4.69, 9.17) is 0 Å². The molecule has 0 amide bonds. The number of ketones is 1. The molecule has 0 spiro atoms. The van der Waals surface area contributed by atoms with Crippen LogP contribution in [0.1, 0.15) is 37.3 Å². The Hall–Kier alpha value is -2.19. The molecule has 2 rings (SSSR count). The molecule has 0 radical (unpaired) electrons. The summed E-state index contributed by atoms with van der Waals surface area (Å²) in [5, 5.41) is 11.2. The Kier molecular flexibility index (Phi) is 5.68. The Morgan fingerprint density at radius 3 is 1.95 bits per heavy atom. The first kappa shape index (κ1) is 16.2. The highest BCUT2D eigenvalue weighted by atomic mass is 16.3. The largest absolute Gasteiger partial charge is 0.377 e. The van der Waals surface area contributed by atoms with Crippen molar-refractivity contribution in [3.8, 4) is 0 Å². The average Bonchev–Trinajstić information content (AvgIpc) is 2.59. The molecule has 114 valence electrons. The number of hydrogen-bond donors (Lipinski definition) is 1. The third-order valence-corrected chi connectivity index (χ3v) is 3.71. The minimum absolute atomic E-state index is 0.0483. The van der Waals surface area contributed by atoms with Crippen LogP contribution in [-0.4, -0.2) is 10.9 Å². The van der Waals surface area contributed by atoms with E-state index < -0.39 is 5.60 Å². The highest BCUT2D eigenvalue weighted by Crippen LogP contribution is 2.31. The van der Waals surface area contributed by atoms with Crippen LogP contribution in [0.4, 0.5) is 0 Å². The lowest BCUT2D eigenvalue weighted by Crippen LogP contribution is -2.24. The molecule has 0 unspecified atom stereocenters. The zero-order valence-corrected chi connectivity index (χ0v) is 12.9. The van der Waals surface area contributed by atoms with Crippen LogP contribution in [0.3, 0.4) is 0 Å². The normalized spacial score (nSPS) is 11.7. The van der Waals surface area contributed by atoms with Gasteiger partial charge in [0.1, 0.15) is 5.60 Å². The molecule has 0 aliphatic heterocycles. The first-order chi connectivity index (χ1) is 10.7. The van der Waals surface area contributed by atoms with Crippen LogP contribution < -0.4 is 0 Å². The van der Waals surface area contributed by atoms with Gasteiger partial charge in [-0.1, -0.05) is 74.0 Å². The maximum atomic E-state index is 11.9. The SMILES string of the molecule is CCCCC(=O)/C=C/C(O)(c1ccccc1)c1ccccc1. The lowest BCUT2D eigenvalue weighted by Gasteiger charge is -2.26. The van der Waals surface area contributed by atoms with E-state index in [-0.39, 0.29) is 5.78 Å². The van der Waals surface area contributed by atoms with Crippen molar-refractivity contribution >= 4 is 5.78 Å². The molecular weight excluding hydrogens is 272 g/mol. The number of aliphatic hydroxyl groups is 1. The van der Waals surface area contributed by atoms with Gasteiger partial charge < -0.3 is 5.11 Å². The van der Waals surface area contributed by atoms with Crippen molar-refractivity contribution < 1.29 is 9.90 Å². The van der Waals surface area contributed by atoms with Crippen LogP contribution in [0.2, 0.25) is 0 Å². The molecule has 0 bridgehead atoms. The zero-order chi connectivity index (χ0) is 15.8. The Balaban J connectivity index is 2.35. The van der Waals surface area contributed by atoms with E-state index in [0.717, 1.165) is 24.0 Å². The topological polar surface area (TPSA) is 37.3 Å². The third kappa shape index (κ3) is 3.92. The number of unbranched alkanes of at least 4 members (excludes halogenated alkanes) is 1. The summed E-state index contributed by atoms with van der Waals surface area (Å²) in [6.07, 6.45) is 5.50. The van der Waals surface area contributed by atoms with Gasteiger partial charge in [-0.25, -0.2) is 0 Å². The van der Waals surface area contributed by atoms with Crippen LogP contribution in [0.5, 0.6) is 0 Å². The summed E-state index contributed by atoms with van der Waals surface area (Å²) in [5.41, 5.74) is 0.214. The monoisotopic (exact) mass is 294 g/mol. The number of hydrogen-bond acceptors (Lipinski definition) is 2. The zero-order valence-electron chi connectivity index (χ0n) is 12.9. The van der Waals surface area contributed by atoms with Crippen molar-refractivity contribution in [3.05, 3.63) is 83.9 Å². The molecule has 2 nitrogen and oxygen atoms in total. The number of allylic oxidation sites excluding steroid dienone is 1. The summed E-state index contributed by atoms with van der Waals surface area (Å²) in [5.74, 6) is 0.0483. The lowest BCUT2D eigenvalue weighted by molar-refractivity contribution is -0.114. The molecule has 0 fully saturated rings. The molecule has 0 heterocycles. The summed E-state index contributed by atoms with van der Waals surface area (Å²) in [6, 6.07) is 18.8. The highest BCUT2D eigenvalue weighted by molar-refractivity contribution is 5.89. The van der Waals surface area contributed by atoms with Gasteiger partial charge in [-0.15, -0.1) is 0 Å². The van der Waals surface area contributed by atoms with Gasteiger partial charge in [0.15, 0.2) is 5.78 Å². The van der Waals surface area contributed by atoms with Crippen molar-refractivity contribution in [1.29, 1.82) is 0 Å². The molecule has 0 saturated heterocycles. The highest BCUT2D eigenvalue weighted by Gasteiger charge is 2.28. The van der Waals surface area contributed by atoms with Crippen LogP contribution in [0.15, 0.2) is 72.8 Å². The van der Waals surface area contributed by atoms with Crippen LogP contribution >= 0.6 is 0 Å². The third-order valence-electron chi connectivity index (χ3n) is 3.71. The van der Waals surface area contributed by atoms with Gasteiger partial charge in [-0.05, 0) is 29.7 Å². The first-order valence-corrected chi connectivity index (χ1v) is 7.72. The number of carbonyl (C=O) groups excluding carboxylic acids is 1. The number of benzene rings is 2. The van der Waals surface area contributed by atoms with Gasteiger partial charge >= 0.3 is 0 Å². The second kappa shape index (κ2) is 7.71. The fourth-order valence-electron chi connectivity index (χ4n) is 2.39. The van der Waals surface area contributed by atoms with E-state index in [1.807, 2.05) is 60.7 Å². The molecule has 0 atom stereocenters. The summed E-state index contributed by atoms with van der Waals surface area (Å²) < 4.78 is 0. The van der Waals surface area contributed by atoms with Crippen molar-refractivity contribution in [2.24, 2.45) is 0 Å². The van der Waals surface area contributed by atoms with E-state index in [1.165, 1.54) is 6.08 Å². The van der Waals surface area contributed by atoms with Gasteiger partial charge in [0, 0.05) is 6.42 Å².